The van der Waals surface area contributed by atoms with Crippen molar-refractivity contribution >= 4 is 11.7 Å². The monoisotopic (exact) mass is 273 g/mol. The van der Waals surface area contributed by atoms with Crippen LogP contribution in [0.2, 0.25) is 0 Å². The predicted octanol–water partition coefficient (Wildman–Crippen LogP) is 1.61. The van der Waals surface area contributed by atoms with Gasteiger partial charge in [-0.1, -0.05) is 6.07 Å². The second-order valence-corrected chi connectivity index (χ2v) is 4.81. The molecule has 0 saturated heterocycles. The number of aryl methyl sites for hydroxylation is 1. The van der Waals surface area contributed by atoms with E-state index in [4.69, 9.17) is 4.74 Å². The number of nitrogens with one attached hydrogen (secondary N) is 1. The number of phenolic OH excluding ortho intramolecular Hbond substituents is 1. The molecule has 20 heavy (non-hydrogen) atoms. The summed E-state index contributed by atoms with van der Waals surface area (Å²) in [6.45, 7) is 0. The molecular formula is C14H15N3O3. The fraction of sp³-hybridized carbons (Fsp3) is 0.286. The molecule has 3 rings (SSSR count). The lowest BCUT2D eigenvalue weighted by Gasteiger charge is -2.23. The summed E-state index contributed by atoms with van der Waals surface area (Å²) in [6, 6.07) is 5.14. The van der Waals surface area contributed by atoms with Crippen molar-refractivity contribution in [3.05, 3.63) is 35.5 Å². The Morgan fingerprint density at radius 1 is 1.50 bits per heavy atom. The summed E-state index contributed by atoms with van der Waals surface area (Å²) in [5.41, 5.74) is 1.89. The third kappa shape index (κ3) is 1.89. The topological polar surface area (TPSA) is 76.4 Å². The van der Waals surface area contributed by atoms with Crippen molar-refractivity contribution < 1.29 is 14.6 Å². The number of nitrogens with zero attached hydrogens (tertiary/aromatic N) is 2. The molecule has 1 aromatic heterocycles. The molecule has 2 heterocycles. The molecular weight excluding hydrogens is 258 g/mol. The summed E-state index contributed by atoms with van der Waals surface area (Å²) < 4.78 is 6.77. The van der Waals surface area contributed by atoms with Crippen molar-refractivity contribution in [2.45, 2.75) is 12.3 Å². The minimum Gasteiger partial charge on any atom is -0.504 e. The van der Waals surface area contributed by atoms with Crippen LogP contribution in [0.4, 0.5) is 5.82 Å². The van der Waals surface area contributed by atoms with Crippen LogP contribution in [0.15, 0.2) is 24.4 Å². The first-order valence-electron chi connectivity index (χ1n) is 6.28. The molecule has 0 radical (unpaired) electrons. The number of rotatable bonds is 2. The molecule has 1 aliphatic rings. The lowest BCUT2D eigenvalue weighted by molar-refractivity contribution is -0.116. The number of amides is 1. The number of carbonyl (C=O) groups excluding carboxylic acids is 1. The van der Waals surface area contributed by atoms with Crippen molar-refractivity contribution in [1.29, 1.82) is 0 Å². The molecule has 104 valence electrons. The third-order valence-corrected chi connectivity index (χ3v) is 3.60. The largest absolute Gasteiger partial charge is 0.504 e. The van der Waals surface area contributed by atoms with E-state index in [1.165, 1.54) is 7.11 Å². The molecule has 0 spiro atoms. The smallest absolute Gasteiger partial charge is 0.226 e. The summed E-state index contributed by atoms with van der Waals surface area (Å²) in [6.07, 6.45) is 2.12. The van der Waals surface area contributed by atoms with E-state index >= 15 is 0 Å². The average Bonchev–Trinajstić information content (AvgIpc) is 2.80. The number of hydrogen-bond acceptors (Lipinski definition) is 4. The van der Waals surface area contributed by atoms with Crippen molar-refractivity contribution in [2.75, 3.05) is 12.4 Å². The van der Waals surface area contributed by atoms with Gasteiger partial charge in [-0.2, -0.15) is 5.10 Å². The molecule has 6 nitrogen and oxygen atoms in total. The highest BCUT2D eigenvalue weighted by Gasteiger charge is 2.29. The summed E-state index contributed by atoms with van der Waals surface area (Å²) in [5, 5.41) is 16.7. The van der Waals surface area contributed by atoms with Gasteiger partial charge < -0.3 is 15.2 Å². The molecule has 2 aromatic rings. The standard InChI is InChI=1S/C14H15N3O3/c1-17-14-10(7-15-17)9(6-13(19)16-14)8-3-4-11(18)12(5-8)20-2/h3-5,7,9,18H,6H2,1-2H3,(H,16,19). The number of fused-ring (bicyclic) bond motifs is 1. The van der Waals surface area contributed by atoms with Gasteiger partial charge in [-0.15, -0.1) is 0 Å². The van der Waals surface area contributed by atoms with Crippen LogP contribution in [0.25, 0.3) is 0 Å². The molecule has 6 heteroatoms. The molecule has 2 N–H and O–H groups in total. The van der Waals surface area contributed by atoms with Crippen LogP contribution in [0, 0.1) is 0 Å². The number of aromatic hydroxyl groups is 1. The van der Waals surface area contributed by atoms with E-state index in [1.54, 1.807) is 36.1 Å². The van der Waals surface area contributed by atoms with Crippen LogP contribution in [-0.4, -0.2) is 27.9 Å². The van der Waals surface area contributed by atoms with Gasteiger partial charge in [0, 0.05) is 24.9 Å². The first kappa shape index (κ1) is 12.5. The van der Waals surface area contributed by atoms with Gasteiger partial charge in [0.1, 0.15) is 5.82 Å². The van der Waals surface area contributed by atoms with Crippen molar-refractivity contribution in [3.8, 4) is 11.5 Å². The Balaban J connectivity index is 2.08. The maximum Gasteiger partial charge on any atom is 0.226 e. The van der Waals surface area contributed by atoms with Crippen molar-refractivity contribution in [3.63, 3.8) is 0 Å². The van der Waals surface area contributed by atoms with Gasteiger partial charge in [0.2, 0.25) is 5.91 Å². The Hall–Kier alpha value is -2.50. The van der Waals surface area contributed by atoms with Gasteiger partial charge in [0.05, 0.1) is 13.3 Å². The van der Waals surface area contributed by atoms with Gasteiger partial charge in [0.15, 0.2) is 11.5 Å². The first-order chi connectivity index (χ1) is 9.60. The zero-order chi connectivity index (χ0) is 14.3. The van der Waals surface area contributed by atoms with Crippen LogP contribution < -0.4 is 10.1 Å². The maximum absolute atomic E-state index is 11.8. The summed E-state index contributed by atoms with van der Waals surface area (Å²) >= 11 is 0. The average molecular weight is 273 g/mol. The highest BCUT2D eigenvalue weighted by Crippen LogP contribution is 2.39. The number of hydrogen-bond donors (Lipinski definition) is 2. The number of ether oxygens (including phenoxy) is 1. The van der Waals surface area contributed by atoms with Crippen LogP contribution in [0.5, 0.6) is 11.5 Å². The van der Waals surface area contributed by atoms with Gasteiger partial charge in [-0.05, 0) is 17.7 Å². The van der Waals surface area contributed by atoms with Crippen LogP contribution in [0.3, 0.4) is 0 Å². The number of anilines is 1. The third-order valence-electron chi connectivity index (χ3n) is 3.60. The Morgan fingerprint density at radius 3 is 3.05 bits per heavy atom. The van der Waals surface area contributed by atoms with Crippen LogP contribution >= 0.6 is 0 Å². The summed E-state index contributed by atoms with van der Waals surface area (Å²) in [7, 11) is 3.29. The molecule has 0 fully saturated rings. The van der Waals surface area contributed by atoms with Crippen molar-refractivity contribution in [2.24, 2.45) is 7.05 Å². The predicted molar refractivity (Wildman–Crippen MR) is 73.0 cm³/mol. The van der Waals surface area contributed by atoms with Gasteiger partial charge in [-0.25, -0.2) is 0 Å². The lowest BCUT2D eigenvalue weighted by atomic mass is 9.87. The molecule has 1 unspecified atom stereocenters. The van der Waals surface area contributed by atoms with E-state index in [0.29, 0.717) is 12.2 Å². The summed E-state index contributed by atoms with van der Waals surface area (Å²) in [4.78, 5) is 11.8. The fourth-order valence-electron chi connectivity index (χ4n) is 2.55. The number of methoxy groups -OCH3 is 1. The number of carbonyl (C=O) groups is 1. The quantitative estimate of drug-likeness (QED) is 0.871. The van der Waals surface area contributed by atoms with E-state index < -0.39 is 0 Å². The fourth-order valence-corrected chi connectivity index (χ4v) is 2.55. The highest BCUT2D eigenvalue weighted by atomic mass is 16.5. The van der Waals surface area contributed by atoms with E-state index in [2.05, 4.69) is 10.4 Å². The minimum absolute atomic E-state index is 0.0434. The van der Waals surface area contributed by atoms with Crippen molar-refractivity contribution in [1.82, 2.24) is 9.78 Å². The van der Waals surface area contributed by atoms with E-state index in [-0.39, 0.29) is 17.6 Å². The summed E-state index contributed by atoms with van der Waals surface area (Å²) in [5.74, 6) is 1.08. The number of benzene rings is 1. The lowest BCUT2D eigenvalue weighted by Crippen LogP contribution is -2.24. The molecule has 0 bridgehead atoms. The first-order valence-corrected chi connectivity index (χ1v) is 6.28. The molecule has 1 aromatic carbocycles. The highest BCUT2D eigenvalue weighted by molar-refractivity contribution is 5.94. The van der Waals surface area contributed by atoms with Gasteiger partial charge >= 0.3 is 0 Å². The Labute approximate surface area is 116 Å². The molecule has 1 atom stereocenters. The number of phenols is 1. The van der Waals surface area contributed by atoms with Crippen LogP contribution in [-0.2, 0) is 11.8 Å². The molecule has 0 aliphatic carbocycles. The second-order valence-electron chi connectivity index (χ2n) is 4.81. The molecule has 0 saturated carbocycles. The molecule has 1 amide bonds. The zero-order valence-corrected chi connectivity index (χ0v) is 11.3. The van der Waals surface area contributed by atoms with Gasteiger partial charge in [-0.3, -0.25) is 9.48 Å². The molecule has 1 aliphatic heterocycles. The minimum atomic E-state index is -0.0815. The van der Waals surface area contributed by atoms with Crippen LogP contribution in [0.1, 0.15) is 23.5 Å². The Morgan fingerprint density at radius 2 is 2.30 bits per heavy atom. The van der Waals surface area contributed by atoms with E-state index in [1.807, 2.05) is 0 Å². The number of aromatic nitrogens is 2. The van der Waals surface area contributed by atoms with Gasteiger partial charge in [0.25, 0.3) is 0 Å². The Bertz CT molecular complexity index is 678. The zero-order valence-electron chi connectivity index (χ0n) is 11.3. The SMILES string of the molecule is COc1cc(C2CC(=O)Nc3c2cnn3C)ccc1O. The maximum atomic E-state index is 11.8. The second kappa shape index (κ2) is 4.56. The normalized spacial score (nSPS) is 17.5. The van der Waals surface area contributed by atoms with E-state index in [9.17, 15) is 9.90 Å². The Kier molecular flexibility index (Phi) is 2.85. The van der Waals surface area contributed by atoms with E-state index in [0.717, 1.165) is 16.9 Å².